The van der Waals surface area contributed by atoms with Crippen molar-refractivity contribution in [1.29, 1.82) is 0 Å². The molecule has 0 unspecified atom stereocenters. The highest BCUT2D eigenvalue weighted by Crippen LogP contribution is 2.24. The first-order valence-electron chi connectivity index (χ1n) is 7.01. The number of benzene rings is 1. The second-order valence-corrected chi connectivity index (χ2v) is 5.97. The highest BCUT2D eigenvalue weighted by Gasteiger charge is 2.38. The first-order valence-corrected chi connectivity index (χ1v) is 7.39. The van der Waals surface area contributed by atoms with Gasteiger partial charge >= 0.3 is 0 Å². The minimum absolute atomic E-state index is 0.0896. The van der Waals surface area contributed by atoms with E-state index in [1.54, 1.807) is 19.2 Å². The van der Waals surface area contributed by atoms with Gasteiger partial charge in [0.15, 0.2) is 0 Å². The number of hydrogen-bond donors (Lipinski definition) is 1. The summed E-state index contributed by atoms with van der Waals surface area (Å²) in [5.41, 5.74) is 5.38. The van der Waals surface area contributed by atoms with Gasteiger partial charge < -0.3 is 15.2 Å². The van der Waals surface area contributed by atoms with Crippen LogP contribution in [0.4, 0.5) is 4.39 Å². The Morgan fingerprint density at radius 3 is 3.00 bits per heavy atom. The standard InChI is InChI=1S/C15H20ClFN2O3/c1-21-10-15(7-14(18)20)9-19(4-5-22-15)8-11-2-3-12(16)13(17)6-11/h2-3,6H,4-5,7-10H2,1H3,(H2,18,20)/t15-/m0/s1. The van der Waals surface area contributed by atoms with E-state index >= 15 is 0 Å². The van der Waals surface area contributed by atoms with Crippen LogP contribution in [0.25, 0.3) is 0 Å². The summed E-state index contributed by atoms with van der Waals surface area (Å²) < 4.78 is 24.5. The molecular formula is C15H20ClFN2O3. The Morgan fingerprint density at radius 1 is 1.59 bits per heavy atom. The van der Waals surface area contributed by atoms with Gasteiger partial charge in [0, 0.05) is 26.7 Å². The molecule has 0 bridgehead atoms. The molecule has 22 heavy (non-hydrogen) atoms. The molecule has 1 aliphatic rings. The number of morpholine rings is 1. The van der Waals surface area contributed by atoms with Crippen LogP contribution in [0, 0.1) is 5.82 Å². The van der Waals surface area contributed by atoms with E-state index in [4.69, 9.17) is 26.8 Å². The van der Waals surface area contributed by atoms with E-state index in [1.807, 2.05) is 0 Å². The van der Waals surface area contributed by atoms with Crippen LogP contribution >= 0.6 is 11.6 Å². The average Bonchev–Trinajstić information content (AvgIpc) is 2.42. The number of primary amides is 1. The van der Waals surface area contributed by atoms with E-state index in [1.165, 1.54) is 6.07 Å². The molecule has 1 aromatic rings. The van der Waals surface area contributed by atoms with Crippen LogP contribution in [0.5, 0.6) is 0 Å². The van der Waals surface area contributed by atoms with Gasteiger partial charge in [-0.3, -0.25) is 9.69 Å². The second kappa shape index (κ2) is 7.37. The Labute approximate surface area is 134 Å². The Hall–Kier alpha value is -1.21. The maximum absolute atomic E-state index is 13.5. The number of hydrogen-bond acceptors (Lipinski definition) is 4. The minimum atomic E-state index is -0.746. The van der Waals surface area contributed by atoms with Crippen molar-refractivity contribution in [3.63, 3.8) is 0 Å². The van der Waals surface area contributed by atoms with Crippen molar-refractivity contribution in [2.75, 3.05) is 33.4 Å². The van der Waals surface area contributed by atoms with Gasteiger partial charge in [0.1, 0.15) is 11.4 Å². The lowest BCUT2D eigenvalue weighted by molar-refractivity contribution is -0.154. The van der Waals surface area contributed by atoms with Crippen LogP contribution in [0.2, 0.25) is 5.02 Å². The maximum Gasteiger partial charge on any atom is 0.220 e. The van der Waals surface area contributed by atoms with E-state index in [2.05, 4.69) is 4.90 Å². The van der Waals surface area contributed by atoms with Crippen molar-refractivity contribution in [3.8, 4) is 0 Å². The fourth-order valence-corrected chi connectivity index (χ4v) is 2.90. The number of nitrogens with two attached hydrogens (primary N) is 1. The van der Waals surface area contributed by atoms with Crippen LogP contribution in [0.15, 0.2) is 18.2 Å². The normalized spacial score (nSPS) is 22.7. The van der Waals surface area contributed by atoms with Gasteiger partial charge in [0.05, 0.1) is 24.7 Å². The topological polar surface area (TPSA) is 64.8 Å². The molecule has 1 atom stereocenters. The third-order valence-electron chi connectivity index (χ3n) is 3.62. The molecule has 2 N–H and O–H groups in total. The number of rotatable bonds is 6. The third-order valence-corrected chi connectivity index (χ3v) is 3.93. The summed E-state index contributed by atoms with van der Waals surface area (Å²) in [6.07, 6.45) is 0.0896. The van der Waals surface area contributed by atoms with Gasteiger partial charge in [-0.25, -0.2) is 4.39 Å². The zero-order valence-corrected chi connectivity index (χ0v) is 13.2. The SMILES string of the molecule is COC[C@]1(CC(N)=O)CN(Cc2ccc(Cl)c(F)c2)CCO1. The van der Waals surface area contributed by atoms with E-state index in [-0.39, 0.29) is 18.1 Å². The number of halogens is 2. The number of carbonyl (C=O) groups is 1. The molecule has 7 heteroatoms. The molecule has 122 valence electrons. The molecule has 5 nitrogen and oxygen atoms in total. The lowest BCUT2D eigenvalue weighted by Crippen LogP contribution is -2.55. The fourth-order valence-electron chi connectivity index (χ4n) is 2.78. The van der Waals surface area contributed by atoms with E-state index in [0.717, 1.165) is 5.56 Å². The Kier molecular flexibility index (Phi) is 5.74. The van der Waals surface area contributed by atoms with Gasteiger partial charge in [0.2, 0.25) is 5.91 Å². The largest absolute Gasteiger partial charge is 0.382 e. The molecule has 1 heterocycles. The first kappa shape index (κ1) is 17.1. The Morgan fingerprint density at radius 2 is 2.36 bits per heavy atom. The average molecular weight is 331 g/mol. The zero-order chi connectivity index (χ0) is 16.2. The summed E-state index contributed by atoms with van der Waals surface area (Å²) in [5.74, 6) is -0.871. The van der Waals surface area contributed by atoms with Crippen molar-refractivity contribution < 1.29 is 18.7 Å². The van der Waals surface area contributed by atoms with Gasteiger partial charge in [-0.2, -0.15) is 0 Å². The van der Waals surface area contributed by atoms with E-state index in [9.17, 15) is 9.18 Å². The summed E-state index contributed by atoms with van der Waals surface area (Å²) in [6.45, 7) is 2.47. The summed E-state index contributed by atoms with van der Waals surface area (Å²) in [7, 11) is 1.56. The Balaban J connectivity index is 2.07. The smallest absolute Gasteiger partial charge is 0.220 e. The summed E-state index contributed by atoms with van der Waals surface area (Å²) >= 11 is 5.69. The predicted molar refractivity (Wildman–Crippen MR) is 81.1 cm³/mol. The van der Waals surface area contributed by atoms with Crippen molar-refractivity contribution in [1.82, 2.24) is 4.90 Å². The summed E-state index contributed by atoms with van der Waals surface area (Å²) in [6, 6.07) is 4.75. The van der Waals surface area contributed by atoms with Crippen LogP contribution in [-0.2, 0) is 20.8 Å². The number of carbonyl (C=O) groups excluding carboxylic acids is 1. The summed E-state index contributed by atoms with van der Waals surface area (Å²) in [5, 5.41) is 0.105. The molecule has 0 spiro atoms. The monoisotopic (exact) mass is 330 g/mol. The molecular weight excluding hydrogens is 311 g/mol. The second-order valence-electron chi connectivity index (χ2n) is 5.57. The molecule has 2 rings (SSSR count). The van der Waals surface area contributed by atoms with Crippen LogP contribution in [0.3, 0.4) is 0 Å². The highest BCUT2D eigenvalue weighted by molar-refractivity contribution is 6.30. The minimum Gasteiger partial charge on any atom is -0.382 e. The molecule has 0 aliphatic carbocycles. The summed E-state index contributed by atoms with van der Waals surface area (Å²) in [4.78, 5) is 13.4. The predicted octanol–water partition coefficient (Wildman–Crippen LogP) is 1.57. The molecule has 1 aliphatic heterocycles. The number of ether oxygens (including phenoxy) is 2. The van der Waals surface area contributed by atoms with Crippen LogP contribution in [-0.4, -0.2) is 49.8 Å². The van der Waals surface area contributed by atoms with Crippen LogP contribution in [0.1, 0.15) is 12.0 Å². The molecule has 0 saturated carbocycles. The lowest BCUT2D eigenvalue weighted by atomic mass is 9.97. The van der Waals surface area contributed by atoms with Gasteiger partial charge in [0.25, 0.3) is 0 Å². The highest BCUT2D eigenvalue weighted by atomic mass is 35.5. The van der Waals surface area contributed by atoms with Gasteiger partial charge in [-0.15, -0.1) is 0 Å². The maximum atomic E-state index is 13.5. The fraction of sp³-hybridized carbons (Fsp3) is 0.533. The van der Waals surface area contributed by atoms with Crippen molar-refractivity contribution in [2.45, 2.75) is 18.6 Å². The van der Waals surface area contributed by atoms with E-state index < -0.39 is 17.3 Å². The molecule has 1 aromatic carbocycles. The van der Waals surface area contributed by atoms with Crippen LogP contribution < -0.4 is 5.73 Å². The van der Waals surface area contributed by atoms with Crippen molar-refractivity contribution in [2.24, 2.45) is 5.73 Å². The molecule has 0 aromatic heterocycles. The molecule has 1 fully saturated rings. The third kappa shape index (κ3) is 4.39. The quantitative estimate of drug-likeness (QED) is 0.860. The number of amides is 1. The van der Waals surface area contributed by atoms with Gasteiger partial charge in [-0.1, -0.05) is 17.7 Å². The molecule has 0 radical (unpaired) electrons. The first-order chi connectivity index (χ1) is 10.4. The Bertz CT molecular complexity index is 540. The number of nitrogens with zero attached hydrogens (tertiary/aromatic N) is 1. The lowest BCUT2D eigenvalue weighted by Gasteiger charge is -2.41. The van der Waals surface area contributed by atoms with Crippen molar-refractivity contribution in [3.05, 3.63) is 34.6 Å². The molecule has 1 amide bonds. The molecule has 1 saturated heterocycles. The van der Waals surface area contributed by atoms with Crippen molar-refractivity contribution >= 4 is 17.5 Å². The zero-order valence-electron chi connectivity index (χ0n) is 12.5. The van der Waals surface area contributed by atoms with E-state index in [0.29, 0.717) is 26.2 Å². The number of methoxy groups -OCH3 is 1. The van der Waals surface area contributed by atoms with Gasteiger partial charge in [-0.05, 0) is 17.7 Å².